The number of rotatable bonds is 3. The van der Waals surface area contributed by atoms with Crippen LogP contribution in [-0.4, -0.2) is 13.1 Å². The van der Waals surface area contributed by atoms with Crippen molar-refractivity contribution in [3.63, 3.8) is 0 Å². The van der Waals surface area contributed by atoms with E-state index in [0.29, 0.717) is 6.54 Å². The Labute approximate surface area is 116 Å². The molecule has 1 heterocycles. The lowest BCUT2D eigenvalue weighted by molar-refractivity contribution is 0.606. The van der Waals surface area contributed by atoms with Crippen LogP contribution in [0.25, 0.3) is 0 Å². The summed E-state index contributed by atoms with van der Waals surface area (Å²) in [5, 5.41) is 0. The van der Waals surface area contributed by atoms with Gasteiger partial charge in [-0.3, -0.25) is 0 Å². The number of nitrogens with two attached hydrogens (primary N) is 1. The van der Waals surface area contributed by atoms with Gasteiger partial charge in [-0.15, -0.1) is 0 Å². The van der Waals surface area contributed by atoms with Crippen LogP contribution in [0.15, 0.2) is 42.5 Å². The first-order chi connectivity index (χ1) is 9.69. The molecule has 0 spiro atoms. The van der Waals surface area contributed by atoms with E-state index in [9.17, 15) is 8.78 Å². The first-order valence-corrected chi connectivity index (χ1v) is 6.69. The third-order valence-electron chi connectivity index (χ3n) is 3.81. The largest absolute Gasteiger partial charge is 0.363 e. The second-order valence-electron chi connectivity index (χ2n) is 5.02. The molecule has 2 N–H and O–H groups in total. The number of benzene rings is 2. The summed E-state index contributed by atoms with van der Waals surface area (Å²) >= 11 is 0. The van der Waals surface area contributed by atoms with Gasteiger partial charge in [-0.2, -0.15) is 0 Å². The molecule has 4 heteroatoms. The molecule has 0 fully saturated rings. The highest BCUT2D eigenvalue weighted by Crippen LogP contribution is 2.35. The molecule has 0 aromatic heterocycles. The van der Waals surface area contributed by atoms with Crippen molar-refractivity contribution in [1.82, 2.24) is 0 Å². The van der Waals surface area contributed by atoms with Gasteiger partial charge in [-0.1, -0.05) is 18.2 Å². The second-order valence-corrected chi connectivity index (χ2v) is 5.02. The van der Waals surface area contributed by atoms with E-state index in [-0.39, 0.29) is 17.7 Å². The molecular weight excluding hydrogens is 258 g/mol. The number of anilines is 1. The Kier molecular flexibility index (Phi) is 3.40. The zero-order chi connectivity index (χ0) is 14.1. The highest BCUT2D eigenvalue weighted by atomic mass is 19.1. The average molecular weight is 274 g/mol. The smallest absolute Gasteiger partial charge is 0.125 e. The number of halogens is 2. The number of hydrogen-bond acceptors (Lipinski definition) is 2. The van der Waals surface area contributed by atoms with E-state index in [1.807, 2.05) is 12.1 Å². The Balaban J connectivity index is 1.98. The predicted molar refractivity (Wildman–Crippen MR) is 75.6 cm³/mol. The summed E-state index contributed by atoms with van der Waals surface area (Å²) in [6.45, 7) is 1.14. The lowest BCUT2D eigenvalue weighted by Gasteiger charge is -2.30. The van der Waals surface area contributed by atoms with Crippen molar-refractivity contribution >= 4 is 5.69 Å². The molecule has 0 aliphatic carbocycles. The van der Waals surface area contributed by atoms with Crippen LogP contribution < -0.4 is 10.6 Å². The number of nitrogens with zero attached hydrogens (tertiary/aromatic N) is 1. The average Bonchev–Trinajstić information content (AvgIpc) is 2.83. The van der Waals surface area contributed by atoms with Gasteiger partial charge in [0.25, 0.3) is 0 Å². The first-order valence-electron chi connectivity index (χ1n) is 6.69. The Bertz CT molecular complexity index is 628. The molecule has 0 amide bonds. The fraction of sp³-hybridized carbons (Fsp3) is 0.250. The van der Waals surface area contributed by atoms with Gasteiger partial charge in [0.05, 0.1) is 6.04 Å². The second kappa shape index (κ2) is 5.21. The zero-order valence-corrected chi connectivity index (χ0v) is 11.0. The van der Waals surface area contributed by atoms with Gasteiger partial charge in [0, 0.05) is 18.8 Å². The Morgan fingerprint density at radius 1 is 1.10 bits per heavy atom. The fourth-order valence-electron chi connectivity index (χ4n) is 2.86. The summed E-state index contributed by atoms with van der Waals surface area (Å²) in [6, 6.07) is 11.1. The van der Waals surface area contributed by atoms with Crippen LogP contribution >= 0.6 is 0 Å². The minimum absolute atomic E-state index is 0.131. The van der Waals surface area contributed by atoms with Crippen molar-refractivity contribution in [2.24, 2.45) is 5.73 Å². The van der Waals surface area contributed by atoms with Crippen LogP contribution in [0.3, 0.4) is 0 Å². The van der Waals surface area contributed by atoms with Crippen LogP contribution in [0.4, 0.5) is 14.5 Å². The van der Waals surface area contributed by atoms with Gasteiger partial charge in [0.15, 0.2) is 0 Å². The van der Waals surface area contributed by atoms with E-state index in [1.54, 1.807) is 6.07 Å². The Morgan fingerprint density at radius 2 is 1.90 bits per heavy atom. The van der Waals surface area contributed by atoms with Gasteiger partial charge in [0.2, 0.25) is 0 Å². The third-order valence-corrected chi connectivity index (χ3v) is 3.81. The van der Waals surface area contributed by atoms with E-state index in [0.717, 1.165) is 29.8 Å². The molecule has 0 saturated carbocycles. The Hall–Kier alpha value is -1.94. The summed E-state index contributed by atoms with van der Waals surface area (Å²) in [5.41, 5.74) is 8.67. The SMILES string of the molecule is NCC(c1cccc(F)c1)N1CCc2ccc(F)cc21. The minimum Gasteiger partial charge on any atom is -0.363 e. The zero-order valence-electron chi connectivity index (χ0n) is 11.0. The van der Waals surface area contributed by atoms with E-state index in [4.69, 9.17) is 5.73 Å². The van der Waals surface area contributed by atoms with E-state index in [2.05, 4.69) is 4.90 Å². The Morgan fingerprint density at radius 3 is 2.65 bits per heavy atom. The van der Waals surface area contributed by atoms with Crippen LogP contribution in [-0.2, 0) is 6.42 Å². The van der Waals surface area contributed by atoms with Gasteiger partial charge in [0.1, 0.15) is 11.6 Å². The predicted octanol–water partition coefficient (Wildman–Crippen LogP) is 3.03. The molecule has 2 aromatic rings. The van der Waals surface area contributed by atoms with Crippen molar-refractivity contribution in [3.05, 3.63) is 65.2 Å². The van der Waals surface area contributed by atoms with Crippen LogP contribution in [0.2, 0.25) is 0 Å². The molecule has 1 aliphatic heterocycles. The van der Waals surface area contributed by atoms with Crippen molar-refractivity contribution in [3.8, 4) is 0 Å². The maximum Gasteiger partial charge on any atom is 0.125 e. The highest BCUT2D eigenvalue weighted by molar-refractivity contribution is 5.59. The van der Waals surface area contributed by atoms with Crippen molar-refractivity contribution < 1.29 is 8.78 Å². The lowest BCUT2D eigenvalue weighted by atomic mass is 10.0. The van der Waals surface area contributed by atoms with Gasteiger partial charge in [-0.05, 0) is 41.8 Å². The molecule has 0 saturated heterocycles. The monoisotopic (exact) mass is 274 g/mol. The number of fused-ring (bicyclic) bond motifs is 1. The summed E-state index contributed by atoms with van der Waals surface area (Å²) in [7, 11) is 0. The van der Waals surface area contributed by atoms with Gasteiger partial charge < -0.3 is 10.6 Å². The molecule has 3 rings (SSSR count). The maximum absolute atomic E-state index is 13.5. The van der Waals surface area contributed by atoms with E-state index >= 15 is 0 Å². The molecule has 2 nitrogen and oxygen atoms in total. The third kappa shape index (κ3) is 2.27. The van der Waals surface area contributed by atoms with E-state index in [1.165, 1.54) is 24.3 Å². The fourth-order valence-corrected chi connectivity index (χ4v) is 2.86. The van der Waals surface area contributed by atoms with Gasteiger partial charge in [-0.25, -0.2) is 8.78 Å². The number of hydrogen-bond donors (Lipinski definition) is 1. The summed E-state index contributed by atoms with van der Waals surface area (Å²) < 4.78 is 26.8. The van der Waals surface area contributed by atoms with Crippen molar-refractivity contribution in [2.45, 2.75) is 12.5 Å². The van der Waals surface area contributed by atoms with Crippen LogP contribution in [0.5, 0.6) is 0 Å². The molecule has 20 heavy (non-hydrogen) atoms. The summed E-state index contributed by atoms with van der Waals surface area (Å²) in [5.74, 6) is -0.537. The summed E-state index contributed by atoms with van der Waals surface area (Å²) in [6.07, 6.45) is 0.863. The topological polar surface area (TPSA) is 29.3 Å². The molecule has 2 aromatic carbocycles. The van der Waals surface area contributed by atoms with Crippen LogP contribution in [0, 0.1) is 11.6 Å². The van der Waals surface area contributed by atoms with Crippen molar-refractivity contribution in [1.29, 1.82) is 0 Å². The molecule has 104 valence electrons. The van der Waals surface area contributed by atoms with E-state index < -0.39 is 0 Å². The standard InChI is InChI=1S/C16H16F2N2/c17-13-3-1-2-12(8-13)16(10-19)20-7-6-11-4-5-14(18)9-15(11)20/h1-5,8-9,16H,6-7,10,19H2. The molecule has 1 aliphatic rings. The quantitative estimate of drug-likeness (QED) is 0.932. The van der Waals surface area contributed by atoms with Crippen molar-refractivity contribution in [2.75, 3.05) is 18.0 Å². The normalized spacial score (nSPS) is 15.2. The lowest BCUT2D eigenvalue weighted by Crippen LogP contribution is -2.32. The molecule has 0 radical (unpaired) electrons. The molecule has 0 bridgehead atoms. The highest BCUT2D eigenvalue weighted by Gasteiger charge is 2.26. The van der Waals surface area contributed by atoms with Crippen LogP contribution in [0.1, 0.15) is 17.2 Å². The van der Waals surface area contributed by atoms with Gasteiger partial charge >= 0.3 is 0 Å². The first kappa shape index (κ1) is 13.1. The molecule has 1 unspecified atom stereocenters. The molecular formula is C16H16F2N2. The molecule has 1 atom stereocenters. The minimum atomic E-state index is -0.278. The summed E-state index contributed by atoms with van der Waals surface area (Å²) in [4.78, 5) is 2.06. The maximum atomic E-state index is 13.5.